The number of piperazine rings is 1. The summed E-state index contributed by atoms with van der Waals surface area (Å²) in [5.41, 5.74) is 3.11. The maximum Gasteiger partial charge on any atom is 0.416 e. The summed E-state index contributed by atoms with van der Waals surface area (Å²) in [5.74, 6) is 0.0385. The molecule has 0 unspecified atom stereocenters. The number of aliphatic hydroxyl groups is 1. The van der Waals surface area contributed by atoms with Crippen LogP contribution in [-0.2, 0) is 17.4 Å². The molecule has 0 spiro atoms. The molecule has 1 fully saturated rings. The molecule has 2 aliphatic heterocycles. The lowest BCUT2D eigenvalue weighted by atomic mass is 10.00. The Morgan fingerprint density at radius 1 is 1.03 bits per heavy atom. The number of hydrogen-bond acceptors (Lipinski definition) is 4. The quantitative estimate of drug-likeness (QED) is 0.736. The molecule has 0 radical (unpaired) electrons. The van der Waals surface area contributed by atoms with Gasteiger partial charge in [0.15, 0.2) is 0 Å². The van der Waals surface area contributed by atoms with E-state index in [1.165, 1.54) is 12.1 Å². The van der Waals surface area contributed by atoms with Crippen LogP contribution in [0, 0.1) is 0 Å². The van der Waals surface area contributed by atoms with Crippen molar-refractivity contribution in [3.05, 3.63) is 65.2 Å². The van der Waals surface area contributed by atoms with Gasteiger partial charge in [-0.2, -0.15) is 13.2 Å². The number of carbonyl (C=O) groups is 1. The number of halogens is 3. The molecule has 2 aromatic carbocycles. The summed E-state index contributed by atoms with van der Waals surface area (Å²) in [6.45, 7) is 2.74. The molecule has 2 aliphatic rings. The average molecular weight is 445 g/mol. The Hall–Kier alpha value is -2.84. The molecular weight excluding hydrogens is 419 g/mol. The van der Waals surface area contributed by atoms with E-state index in [0.29, 0.717) is 32.6 Å². The number of alkyl halides is 3. The molecule has 1 saturated heterocycles. The largest absolute Gasteiger partial charge is 0.416 e. The van der Waals surface area contributed by atoms with Gasteiger partial charge >= 0.3 is 6.18 Å². The van der Waals surface area contributed by atoms with Crippen molar-refractivity contribution in [2.24, 2.45) is 0 Å². The average Bonchev–Trinajstić information content (AvgIpc) is 2.79. The van der Waals surface area contributed by atoms with E-state index in [9.17, 15) is 23.1 Å². The fourth-order valence-electron chi connectivity index (χ4n) is 4.20. The van der Waals surface area contributed by atoms with Crippen LogP contribution in [-0.4, -0.2) is 54.7 Å². The van der Waals surface area contributed by atoms with Gasteiger partial charge in [-0.15, -0.1) is 0 Å². The van der Waals surface area contributed by atoms with Gasteiger partial charge < -0.3 is 15.3 Å². The van der Waals surface area contributed by atoms with Gasteiger partial charge in [-0.25, -0.2) is 0 Å². The van der Waals surface area contributed by atoms with Crippen LogP contribution in [0.4, 0.5) is 24.5 Å². The van der Waals surface area contributed by atoms with E-state index in [0.717, 1.165) is 41.1 Å². The summed E-state index contributed by atoms with van der Waals surface area (Å²) in [6.07, 6.45) is 0.849. The Morgan fingerprint density at radius 2 is 1.75 bits per heavy atom. The van der Waals surface area contributed by atoms with Gasteiger partial charge in [0.25, 0.3) is 0 Å². The second-order valence-electron chi connectivity index (χ2n) is 8.14. The number of nitrogens with one attached hydrogen (secondary N) is 1. The minimum Gasteiger partial charge on any atom is -0.394 e. The Bertz CT molecular complexity index is 981. The normalized spacial score (nSPS) is 18.5. The van der Waals surface area contributed by atoms with Crippen LogP contribution in [0.15, 0.2) is 48.5 Å². The molecule has 1 atom stereocenters. The van der Waals surface area contributed by atoms with Crippen molar-refractivity contribution < 1.29 is 23.1 Å². The van der Waals surface area contributed by atoms with Crippen molar-refractivity contribution in [2.45, 2.75) is 25.1 Å². The van der Waals surface area contributed by atoms with E-state index >= 15 is 0 Å². The first-order valence-electron chi connectivity index (χ1n) is 10.7. The van der Waals surface area contributed by atoms with E-state index in [1.807, 2.05) is 24.3 Å². The lowest BCUT2D eigenvalue weighted by molar-refractivity contribution is -0.137. The number of benzene rings is 2. The molecular formula is C24H26F3N3O2. The van der Waals surface area contributed by atoms with E-state index in [1.54, 1.807) is 0 Å². The van der Waals surface area contributed by atoms with Gasteiger partial charge in [0.2, 0.25) is 5.91 Å². The van der Waals surface area contributed by atoms with Gasteiger partial charge in [-0.3, -0.25) is 9.69 Å². The molecule has 1 amide bonds. The van der Waals surface area contributed by atoms with Crippen molar-refractivity contribution in [3.63, 3.8) is 0 Å². The highest BCUT2D eigenvalue weighted by atomic mass is 19.4. The Kier molecular flexibility index (Phi) is 6.53. The molecule has 8 heteroatoms. The van der Waals surface area contributed by atoms with Crippen LogP contribution in [0.25, 0.3) is 6.08 Å². The molecule has 2 aromatic rings. The van der Waals surface area contributed by atoms with Gasteiger partial charge in [0.05, 0.1) is 18.2 Å². The summed E-state index contributed by atoms with van der Waals surface area (Å²) in [5, 5.41) is 12.8. The van der Waals surface area contributed by atoms with Crippen molar-refractivity contribution in [1.29, 1.82) is 0 Å². The molecule has 32 heavy (non-hydrogen) atoms. The number of aliphatic hydroxyl groups excluding tert-OH is 1. The van der Waals surface area contributed by atoms with E-state index in [-0.39, 0.29) is 18.6 Å². The van der Waals surface area contributed by atoms with Gasteiger partial charge in [0, 0.05) is 44.0 Å². The summed E-state index contributed by atoms with van der Waals surface area (Å²) in [6, 6.07) is 11.0. The Labute approximate surface area is 185 Å². The predicted molar refractivity (Wildman–Crippen MR) is 119 cm³/mol. The van der Waals surface area contributed by atoms with Crippen LogP contribution >= 0.6 is 0 Å². The van der Waals surface area contributed by atoms with Crippen molar-refractivity contribution in [3.8, 4) is 0 Å². The van der Waals surface area contributed by atoms with Crippen molar-refractivity contribution >= 4 is 23.4 Å². The SMILES string of the molecule is O=C1CCc2cc(/C=C/[C@@H](CO)N3CCN(c4ccc(C(F)(F)F)cc4)CC3)ccc2N1. The predicted octanol–water partition coefficient (Wildman–Crippen LogP) is 3.79. The second-order valence-corrected chi connectivity index (χ2v) is 8.14. The zero-order chi connectivity index (χ0) is 22.7. The topological polar surface area (TPSA) is 55.8 Å². The highest BCUT2D eigenvalue weighted by Gasteiger charge is 2.30. The molecule has 2 N–H and O–H groups in total. The first kappa shape index (κ1) is 22.4. The number of carbonyl (C=O) groups excluding carboxylic acids is 1. The lowest BCUT2D eigenvalue weighted by Crippen LogP contribution is -2.50. The monoisotopic (exact) mass is 445 g/mol. The molecule has 4 rings (SSSR count). The molecule has 0 saturated carbocycles. The zero-order valence-electron chi connectivity index (χ0n) is 17.6. The number of aryl methyl sites for hydroxylation is 1. The first-order valence-corrected chi connectivity index (χ1v) is 10.7. The third-order valence-electron chi connectivity index (χ3n) is 6.07. The van der Waals surface area contributed by atoms with E-state index in [4.69, 9.17) is 0 Å². The number of hydrogen-bond donors (Lipinski definition) is 2. The maximum absolute atomic E-state index is 12.8. The molecule has 0 aliphatic carbocycles. The smallest absolute Gasteiger partial charge is 0.394 e. The molecule has 0 bridgehead atoms. The number of rotatable bonds is 5. The summed E-state index contributed by atoms with van der Waals surface area (Å²) < 4.78 is 38.3. The third-order valence-corrected chi connectivity index (χ3v) is 6.07. The lowest BCUT2D eigenvalue weighted by Gasteiger charge is -2.39. The maximum atomic E-state index is 12.8. The highest BCUT2D eigenvalue weighted by Crippen LogP contribution is 2.31. The van der Waals surface area contributed by atoms with E-state index in [2.05, 4.69) is 21.2 Å². The summed E-state index contributed by atoms with van der Waals surface area (Å²) in [4.78, 5) is 15.7. The fraction of sp³-hybridized carbons (Fsp3) is 0.375. The van der Waals surface area contributed by atoms with Crippen LogP contribution in [0.5, 0.6) is 0 Å². The minimum absolute atomic E-state index is 0.0161. The number of nitrogens with zero attached hydrogens (tertiary/aromatic N) is 2. The van der Waals surface area contributed by atoms with Crippen molar-refractivity contribution in [2.75, 3.05) is 43.0 Å². The van der Waals surface area contributed by atoms with E-state index < -0.39 is 11.7 Å². The van der Waals surface area contributed by atoms with Gasteiger partial charge in [-0.05, 0) is 53.9 Å². The fourth-order valence-corrected chi connectivity index (χ4v) is 4.20. The summed E-state index contributed by atoms with van der Waals surface area (Å²) in [7, 11) is 0. The Balaban J connectivity index is 1.35. The van der Waals surface area contributed by atoms with Crippen molar-refractivity contribution in [1.82, 2.24) is 4.90 Å². The summed E-state index contributed by atoms with van der Waals surface area (Å²) >= 11 is 0. The highest BCUT2D eigenvalue weighted by molar-refractivity contribution is 5.94. The first-order chi connectivity index (χ1) is 15.3. The molecule has 2 heterocycles. The number of amides is 1. The molecule has 170 valence electrons. The zero-order valence-corrected chi connectivity index (χ0v) is 17.6. The standard InChI is InChI=1S/C24H26F3N3O2/c25-24(26,27)19-4-7-20(8-5-19)29-11-13-30(14-12-29)21(16-31)6-1-17-2-9-22-18(15-17)3-10-23(32)28-22/h1-2,4-9,15,21,31H,3,10-14,16H2,(H,28,32)/b6-1+/t21-/m0/s1. The van der Waals surface area contributed by atoms with Crippen LogP contribution in [0.3, 0.4) is 0 Å². The molecule has 0 aromatic heterocycles. The molecule has 5 nitrogen and oxygen atoms in total. The second kappa shape index (κ2) is 9.34. The minimum atomic E-state index is -4.33. The van der Waals surface area contributed by atoms with Crippen LogP contribution in [0.2, 0.25) is 0 Å². The number of fused-ring (bicyclic) bond motifs is 1. The van der Waals surface area contributed by atoms with Gasteiger partial charge in [0.1, 0.15) is 0 Å². The van der Waals surface area contributed by atoms with Crippen LogP contribution < -0.4 is 10.2 Å². The third kappa shape index (κ3) is 5.14. The number of anilines is 2. The van der Waals surface area contributed by atoms with Crippen LogP contribution in [0.1, 0.15) is 23.1 Å². The Morgan fingerprint density at radius 3 is 2.41 bits per heavy atom. The van der Waals surface area contributed by atoms with Gasteiger partial charge in [-0.1, -0.05) is 18.2 Å².